The zero-order chi connectivity index (χ0) is 14.0. The average molecular weight is 280 g/mol. The van der Waals surface area contributed by atoms with Gasteiger partial charge in [-0.1, -0.05) is 41.9 Å². The Balaban J connectivity index is 2.54. The van der Waals surface area contributed by atoms with Gasteiger partial charge in [-0.3, -0.25) is 14.9 Å². The van der Waals surface area contributed by atoms with Gasteiger partial charge in [-0.15, -0.1) is 0 Å². The minimum absolute atomic E-state index is 0.0963. The van der Waals surface area contributed by atoms with Crippen LogP contribution in [0.4, 0.5) is 10.1 Å². The highest BCUT2D eigenvalue weighted by molar-refractivity contribution is 6.35. The molecule has 6 heteroatoms. The Kier molecular flexibility index (Phi) is 3.57. The number of nitro benzene ring substituents is 1. The van der Waals surface area contributed by atoms with E-state index < -0.39 is 22.2 Å². The molecule has 0 aliphatic heterocycles. The van der Waals surface area contributed by atoms with Gasteiger partial charge in [0.05, 0.1) is 9.95 Å². The molecule has 0 saturated heterocycles. The van der Waals surface area contributed by atoms with E-state index in [0.717, 1.165) is 12.1 Å². The number of benzene rings is 2. The Labute approximate surface area is 112 Å². The number of ketones is 1. The van der Waals surface area contributed by atoms with Crippen molar-refractivity contribution in [3.8, 4) is 0 Å². The lowest BCUT2D eigenvalue weighted by molar-refractivity contribution is -0.387. The quantitative estimate of drug-likeness (QED) is 0.490. The Morgan fingerprint density at radius 2 is 1.84 bits per heavy atom. The molecule has 96 valence electrons. The molecular weight excluding hydrogens is 273 g/mol. The number of hydrogen-bond acceptors (Lipinski definition) is 3. The maximum absolute atomic E-state index is 13.3. The van der Waals surface area contributed by atoms with E-state index in [9.17, 15) is 19.3 Å². The summed E-state index contributed by atoms with van der Waals surface area (Å²) in [6, 6.07) is 9.76. The molecule has 2 rings (SSSR count). The molecule has 0 radical (unpaired) electrons. The van der Waals surface area contributed by atoms with Gasteiger partial charge in [-0.25, -0.2) is 0 Å². The average Bonchev–Trinajstić information content (AvgIpc) is 2.38. The van der Waals surface area contributed by atoms with E-state index in [1.807, 2.05) is 0 Å². The molecule has 0 heterocycles. The number of carbonyl (C=O) groups is 1. The fraction of sp³-hybridized carbons (Fsp3) is 0. The van der Waals surface area contributed by atoms with Crippen LogP contribution in [0.3, 0.4) is 0 Å². The summed E-state index contributed by atoms with van der Waals surface area (Å²) in [5.74, 6) is -1.56. The smallest absolute Gasteiger partial charge is 0.289 e. The summed E-state index contributed by atoms with van der Waals surface area (Å²) >= 11 is 5.77. The standard InChI is InChI=1S/C13H7ClFNO3/c14-10-7-11(15)12(16(18)19)6-9(10)13(17)8-4-2-1-3-5-8/h1-7H. The number of halogens is 2. The zero-order valence-electron chi connectivity index (χ0n) is 9.47. The minimum atomic E-state index is -1.07. The number of rotatable bonds is 3. The van der Waals surface area contributed by atoms with Gasteiger partial charge in [0.15, 0.2) is 5.78 Å². The first-order chi connectivity index (χ1) is 9.00. The van der Waals surface area contributed by atoms with Gasteiger partial charge in [0.25, 0.3) is 0 Å². The summed E-state index contributed by atoms with van der Waals surface area (Å²) in [5.41, 5.74) is -0.546. The van der Waals surface area contributed by atoms with Gasteiger partial charge in [0, 0.05) is 23.3 Å². The van der Waals surface area contributed by atoms with E-state index in [-0.39, 0.29) is 10.6 Å². The first-order valence-electron chi connectivity index (χ1n) is 5.24. The van der Waals surface area contributed by atoms with Gasteiger partial charge in [-0.2, -0.15) is 4.39 Å². The van der Waals surface area contributed by atoms with Crippen molar-refractivity contribution in [1.82, 2.24) is 0 Å². The largest absolute Gasteiger partial charge is 0.305 e. The van der Waals surface area contributed by atoms with Crippen molar-refractivity contribution in [2.45, 2.75) is 0 Å². The summed E-state index contributed by atoms with van der Waals surface area (Å²) in [5, 5.41) is 10.5. The molecule has 0 aliphatic carbocycles. The third kappa shape index (κ3) is 2.61. The van der Waals surface area contributed by atoms with Crippen molar-refractivity contribution in [2.75, 3.05) is 0 Å². The van der Waals surface area contributed by atoms with Crippen LogP contribution in [0.25, 0.3) is 0 Å². The summed E-state index contributed by atoms with van der Waals surface area (Å²) in [7, 11) is 0. The van der Waals surface area contributed by atoms with Crippen LogP contribution in [0.5, 0.6) is 0 Å². The molecule has 0 atom stereocenters. The van der Waals surface area contributed by atoms with E-state index in [4.69, 9.17) is 11.6 Å². The highest BCUT2D eigenvalue weighted by atomic mass is 35.5. The van der Waals surface area contributed by atoms with Crippen LogP contribution >= 0.6 is 11.6 Å². The van der Waals surface area contributed by atoms with Crippen LogP contribution in [0, 0.1) is 15.9 Å². The molecule has 0 aromatic heterocycles. The SMILES string of the molecule is O=C(c1ccccc1)c1cc([N+](=O)[O-])c(F)cc1Cl. The van der Waals surface area contributed by atoms with Crippen LogP contribution in [0.1, 0.15) is 15.9 Å². The van der Waals surface area contributed by atoms with Gasteiger partial charge in [0.1, 0.15) is 0 Å². The molecule has 2 aromatic rings. The minimum Gasteiger partial charge on any atom is -0.289 e. The van der Waals surface area contributed by atoms with Crippen molar-refractivity contribution in [1.29, 1.82) is 0 Å². The first kappa shape index (κ1) is 13.2. The van der Waals surface area contributed by atoms with Gasteiger partial charge < -0.3 is 0 Å². The molecule has 0 amide bonds. The van der Waals surface area contributed by atoms with Crippen LogP contribution in [0.15, 0.2) is 42.5 Å². The number of nitrogens with zero attached hydrogens (tertiary/aromatic N) is 1. The summed E-state index contributed by atoms with van der Waals surface area (Å²) in [4.78, 5) is 21.9. The molecule has 0 aliphatic rings. The monoisotopic (exact) mass is 279 g/mol. The molecule has 19 heavy (non-hydrogen) atoms. The third-order valence-electron chi connectivity index (χ3n) is 2.51. The Hall–Kier alpha value is -2.27. The van der Waals surface area contributed by atoms with Crippen LogP contribution in [-0.4, -0.2) is 10.7 Å². The van der Waals surface area contributed by atoms with Crippen molar-refractivity contribution in [2.24, 2.45) is 0 Å². The van der Waals surface area contributed by atoms with E-state index in [1.54, 1.807) is 30.3 Å². The van der Waals surface area contributed by atoms with Gasteiger partial charge in [-0.05, 0) is 0 Å². The highest BCUT2D eigenvalue weighted by Gasteiger charge is 2.21. The Morgan fingerprint density at radius 1 is 1.21 bits per heavy atom. The predicted octanol–water partition coefficient (Wildman–Crippen LogP) is 3.62. The molecular formula is C13H7ClFNO3. The normalized spacial score (nSPS) is 10.2. The number of hydrogen-bond donors (Lipinski definition) is 0. The highest BCUT2D eigenvalue weighted by Crippen LogP contribution is 2.27. The fourth-order valence-electron chi connectivity index (χ4n) is 1.60. The van der Waals surface area contributed by atoms with Crippen molar-refractivity contribution in [3.05, 3.63) is 74.5 Å². The number of nitro groups is 1. The fourth-order valence-corrected chi connectivity index (χ4v) is 1.83. The lowest BCUT2D eigenvalue weighted by Gasteiger charge is -2.04. The molecule has 0 unspecified atom stereocenters. The van der Waals surface area contributed by atoms with E-state index in [2.05, 4.69) is 0 Å². The van der Waals surface area contributed by atoms with Crippen molar-refractivity contribution >= 4 is 23.1 Å². The summed E-state index contributed by atoms with van der Waals surface area (Å²) < 4.78 is 13.3. The topological polar surface area (TPSA) is 60.2 Å². The van der Waals surface area contributed by atoms with E-state index in [1.165, 1.54) is 0 Å². The molecule has 0 saturated carbocycles. The first-order valence-corrected chi connectivity index (χ1v) is 5.61. The molecule has 2 aromatic carbocycles. The molecule has 0 N–H and O–H groups in total. The molecule has 0 bridgehead atoms. The van der Waals surface area contributed by atoms with Gasteiger partial charge >= 0.3 is 5.69 Å². The second kappa shape index (κ2) is 5.16. The lowest BCUT2D eigenvalue weighted by atomic mass is 10.0. The van der Waals surface area contributed by atoms with Gasteiger partial charge in [0.2, 0.25) is 5.82 Å². The van der Waals surface area contributed by atoms with Crippen LogP contribution in [-0.2, 0) is 0 Å². The molecule has 0 spiro atoms. The summed E-state index contributed by atoms with van der Waals surface area (Å²) in [6.07, 6.45) is 0. The van der Waals surface area contributed by atoms with Crippen molar-refractivity contribution in [3.63, 3.8) is 0 Å². The molecule has 4 nitrogen and oxygen atoms in total. The Bertz CT molecular complexity index is 658. The van der Waals surface area contributed by atoms with Crippen molar-refractivity contribution < 1.29 is 14.1 Å². The predicted molar refractivity (Wildman–Crippen MR) is 67.9 cm³/mol. The summed E-state index contributed by atoms with van der Waals surface area (Å²) in [6.45, 7) is 0. The van der Waals surface area contributed by atoms with Crippen LogP contribution < -0.4 is 0 Å². The van der Waals surface area contributed by atoms with Crippen LogP contribution in [0.2, 0.25) is 5.02 Å². The molecule has 0 fully saturated rings. The maximum atomic E-state index is 13.3. The second-order valence-corrected chi connectivity index (χ2v) is 4.14. The van der Waals surface area contributed by atoms with E-state index >= 15 is 0 Å². The van der Waals surface area contributed by atoms with E-state index in [0.29, 0.717) is 5.56 Å². The zero-order valence-corrected chi connectivity index (χ0v) is 10.2. The maximum Gasteiger partial charge on any atom is 0.305 e. The Morgan fingerprint density at radius 3 is 2.42 bits per heavy atom. The lowest BCUT2D eigenvalue weighted by Crippen LogP contribution is -2.04. The third-order valence-corrected chi connectivity index (χ3v) is 2.83. The number of carbonyl (C=O) groups excluding carboxylic acids is 1. The second-order valence-electron chi connectivity index (χ2n) is 3.74.